The third-order valence-electron chi connectivity index (χ3n) is 5.41. The normalized spacial score (nSPS) is 20.7. The van der Waals surface area contributed by atoms with Gasteiger partial charge in [-0.05, 0) is 36.5 Å². The molecule has 1 aromatic heterocycles. The number of benzene rings is 1. The molecule has 0 amide bonds. The maximum Gasteiger partial charge on any atom is 0.300 e. The Bertz CT molecular complexity index is 777. The van der Waals surface area contributed by atoms with Gasteiger partial charge in [0.05, 0.1) is 6.54 Å². The van der Waals surface area contributed by atoms with Crippen molar-refractivity contribution in [2.24, 2.45) is 0 Å². The first-order chi connectivity index (χ1) is 12.8. The van der Waals surface area contributed by atoms with Crippen LogP contribution < -0.4 is 15.0 Å². The van der Waals surface area contributed by atoms with Crippen LogP contribution in [0.4, 0.5) is 0 Å². The van der Waals surface area contributed by atoms with Crippen molar-refractivity contribution in [3.8, 4) is 11.8 Å². The molecule has 2 heterocycles. The quantitative estimate of drug-likeness (QED) is 0.835. The highest BCUT2D eigenvalue weighted by Gasteiger charge is 2.23. The minimum atomic E-state index is -0.275. The van der Waals surface area contributed by atoms with Crippen LogP contribution in [0, 0.1) is 0 Å². The van der Waals surface area contributed by atoms with Crippen LogP contribution in [-0.4, -0.2) is 22.3 Å². The SMILES string of the molecule is O=c1ccn2c(n1)OC(COc1ccc(C3CCCCCCC3)cc1)C2. The van der Waals surface area contributed by atoms with Gasteiger partial charge in [-0.1, -0.05) is 44.2 Å². The minimum absolute atomic E-state index is 0.116. The van der Waals surface area contributed by atoms with Crippen molar-refractivity contribution in [2.75, 3.05) is 6.61 Å². The van der Waals surface area contributed by atoms with Gasteiger partial charge < -0.3 is 9.47 Å². The molecule has 0 bridgehead atoms. The van der Waals surface area contributed by atoms with Crippen LogP contribution in [0.2, 0.25) is 0 Å². The van der Waals surface area contributed by atoms with E-state index in [1.807, 2.05) is 4.57 Å². The molecule has 4 rings (SSSR count). The Balaban J connectivity index is 1.31. The Morgan fingerprint density at radius 2 is 1.77 bits per heavy atom. The van der Waals surface area contributed by atoms with Crippen LogP contribution >= 0.6 is 0 Å². The van der Waals surface area contributed by atoms with Gasteiger partial charge in [0, 0.05) is 12.3 Å². The average Bonchev–Trinajstić information content (AvgIpc) is 3.02. The molecular weight excluding hydrogens is 328 g/mol. The van der Waals surface area contributed by atoms with Gasteiger partial charge >= 0.3 is 0 Å². The second-order valence-corrected chi connectivity index (χ2v) is 7.36. The number of hydrogen-bond donors (Lipinski definition) is 0. The third kappa shape index (κ3) is 4.09. The summed E-state index contributed by atoms with van der Waals surface area (Å²) in [5.41, 5.74) is 1.16. The smallest absolute Gasteiger partial charge is 0.300 e. The van der Waals surface area contributed by atoms with Gasteiger partial charge in [0.2, 0.25) is 0 Å². The van der Waals surface area contributed by atoms with Crippen LogP contribution in [0.15, 0.2) is 41.3 Å². The predicted octanol–water partition coefficient (Wildman–Crippen LogP) is 3.91. The van der Waals surface area contributed by atoms with E-state index in [-0.39, 0.29) is 11.7 Å². The van der Waals surface area contributed by atoms with Gasteiger partial charge in [-0.25, -0.2) is 0 Å². The molecule has 1 aliphatic heterocycles. The van der Waals surface area contributed by atoms with E-state index in [0.717, 1.165) is 5.75 Å². The Kier molecular flexibility index (Phi) is 5.23. The molecule has 2 aliphatic rings. The first kappa shape index (κ1) is 17.1. The molecule has 0 N–H and O–H groups in total. The molecule has 1 aliphatic carbocycles. The van der Waals surface area contributed by atoms with Crippen molar-refractivity contribution in [1.82, 2.24) is 9.55 Å². The number of hydrogen-bond acceptors (Lipinski definition) is 4. The molecular formula is C21H26N2O3. The van der Waals surface area contributed by atoms with Crippen molar-refractivity contribution < 1.29 is 9.47 Å². The number of nitrogens with zero attached hydrogens (tertiary/aromatic N) is 2. The zero-order chi connectivity index (χ0) is 17.8. The van der Waals surface area contributed by atoms with Crippen LogP contribution in [0.5, 0.6) is 11.8 Å². The second kappa shape index (κ2) is 7.94. The van der Waals surface area contributed by atoms with Crippen molar-refractivity contribution in [3.05, 3.63) is 52.4 Å². The topological polar surface area (TPSA) is 53.4 Å². The van der Waals surface area contributed by atoms with E-state index in [1.54, 1.807) is 6.20 Å². The molecule has 0 spiro atoms. The van der Waals surface area contributed by atoms with Gasteiger partial charge in [-0.15, -0.1) is 0 Å². The summed E-state index contributed by atoms with van der Waals surface area (Å²) >= 11 is 0. The van der Waals surface area contributed by atoms with Crippen molar-refractivity contribution in [1.29, 1.82) is 0 Å². The monoisotopic (exact) mass is 354 g/mol. The van der Waals surface area contributed by atoms with Gasteiger partial charge in [0.1, 0.15) is 12.4 Å². The predicted molar refractivity (Wildman–Crippen MR) is 99.9 cm³/mol. The zero-order valence-electron chi connectivity index (χ0n) is 15.1. The Hall–Kier alpha value is -2.30. The zero-order valence-corrected chi connectivity index (χ0v) is 15.1. The van der Waals surface area contributed by atoms with E-state index in [9.17, 15) is 4.79 Å². The lowest BCUT2D eigenvalue weighted by atomic mass is 9.86. The number of rotatable bonds is 4. The lowest BCUT2D eigenvalue weighted by Crippen LogP contribution is -2.23. The van der Waals surface area contributed by atoms with E-state index < -0.39 is 0 Å². The number of fused-ring (bicyclic) bond motifs is 1. The average molecular weight is 354 g/mol. The molecule has 5 heteroatoms. The molecule has 1 saturated carbocycles. The molecule has 26 heavy (non-hydrogen) atoms. The summed E-state index contributed by atoms with van der Waals surface area (Å²) in [5.74, 6) is 1.56. The minimum Gasteiger partial charge on any atom is -0.490 e. The van der Waals surface area contributed by atoms with Crippen LogP contribution in [-0.2, 0) is 6.54 Å². The fourth-order valence-corrected chi connectivity index (χ4v) is 3.95. The number of ether oxygens (including phenoxy) is 2. The first-order valence-electron chi connectivity index (χ1n) is 9.75. The van der Waals surface area contributed by atoms with E-state index in [0.29, 0.717) is 25.1 Å². The van der Waals surface area contributed by atoms with Gasteiger partial charge in [0.15, 0.2) is 6.10 Å². The Morgan fingerprint density at radius 1 is 1.04 bits per heavy atom. The maximum absolute atomic E-state index is 11.3. The lowest BCUT2D eigenvalue weighted by molar-refractivity contribution is 0.143. The molecule has 1 fully saturated rings. The molecule has 1 aromatic carbocycles. The molecule has 0 radical (unpaired) electrons. The van der Waals surface area contributed by atoms with Crippen LogP contribution in [0.25, 0.3) is 0 Å². The Morgan fingerprint density at radius 3 is 2.54 bits per heavy atom. The van der Waals surface area contributed by atoms with Crippen molar-refractivity contribution in [2.45, 2.75) is 63.5 Å². The number of aromatic nitrogens is 2. The van der Waals surface area contributed by atoms with Crippen molar-refractivity contribution >= 4 is 0 Å². The van der Waals surface area contributed by atoms with Gasteiger partial charge in [-0.3, -0.25) is 9.36 Å². The molecule has 138 valence electrons. The standard InChI is InChI=1S/C21H26N2O3/c24-20-12-13-23-14-19(26-21(23)22-20)15-25-18-10-8-17(9-11-18)16-6-4-2-1-3-5-7-16/h8-13,16,19H,1-7,14-15H2. The summed E-state index contributed by atoms with van der Waals surface area (Å²) in [7, 11) is 0. The molecule has 2 aromatic rings. The van der Waals surface area contributed by atoms with Crippen LogP contribution in [0.1, 0.15) is 56.4 Å². The van der Waals surface area contributed by atoms with E-state index >= 15 is 0 Å². The summed E-state index contributed by atoms with van der Waals surface area (Å²) < 4.78 is 13.4. The molecule has 1 unspecified atom stereocenters. The molecule has 0 saturated heterocycles. The summed E-state index contributed by atoms with van der Waals surface area (Å²) in [4.78, 5) is 15.1. The summed E-state index contributed by atoms with van der Waals surface area (Å²) in [6.45, 7) is 1.10. The highest BCUT2D eigenvalue weighted by atomic mass is 16.6. The van der Waals surface area contributed by atoms with Gasteiger partial charge in [-0.2, -0.15) is 4.98 Å². The van der Waals surface area contributed by atoms with E-state index in [1.165, 1.54) is 56.6 Å². The lowest BCUT2D eigenvalue weighted by Gasteiger charge is -2.20. The highest BCUT2D eigenvalue weighted by molar-refractivity contribution is 5.29. The summed E-state index contributed by atoms with van der Waals surface area (Å²) in [6, 6.07) is 10.4. The maximum atomic E-state index is 11.3. The van der Waals surface area contributed by atoms with E-state index in [4.69, 9.17) is 9.47 Å². The van der Waals surface area contributed by atoms with Gasteiger partial charge in [0.25, 0.3) is 11.6 Å². The highest BCUT2D eigenvalue weighted by Crippen LogP contribution is 2.31. The summed E-state index contributed by atoms with van der Waals surface area (Å²) in [5, 5.41) is 0. The molecule has 1 atom stereocenters. The summed E-state index contributed by atoms with van der Waals surface area (Å²) in [6.07, 6.45) is 11.1. The van der Waals surface area contributed by atoms with Crippen LogP contribution in [0.3, 0.4) is 0 Å². The largest absolute Gasteiger partial charge is 0.490 e. The molecule has 5 nitrogen and oxygen atoms in total. The fourth-order valence-electron chi connectivity index (χ4n) is 3.95. The third-order valence-corrected chi connectivity index (χ3v) is 5.41. The Labute approximate surface area is 154 Å². The van der Waals surface area contributed by atoms with Crippen molar-refractivity contribution in [3.63, 3.8) is 0 Å². The van der Waals surface area contributed by atoms with E-state index in [2.05, 4.69) is 29.2 Å². The first-order valence-corrected chi connectivity index (χ1v) is 9.75. The fraction of sp³-hybridized carbons (Fsp3) is 0.524. The second-order valence-electron chi connectivity index (χ2n) is 7.36.